The first-order valence-corrected chi connectivity index (χ1v) is 15.7. The van der Waals surface area contributed by atoms with Crippen LogP contribution in [0.4, 0.5) is 5.13 Å². The minimum absolute atomic E-state index is 0.126. The second kappa shape index (κ2) is 11.9. The van der Waals surface area contributed by atoms with E-state index in [9.17, 15) is 4.79 Å². The molecular weight excluding hydrogens is 521 g/mol. The highest BCUT2D eigenvalue weighted by Crippen LogP contribution is 2.52. The van der Waals surface area contributed by atoms with E-state index < -0.39 is 23.4 Å². The predicted molar refractivity (Wildman–Crippen MR) is 154 cm³/mol. The Kier molecular flexibility index (Phi) is 8.69. The van der Waals surface area contributed by atoms with Crippen molar-refractivity contribution in [1.82, 2.24) is 10.5 Å². The molecule has 0 spiro atoms. The van der Waals surface area contributed by atoms with E-state index >= 15 is 0 Å². The largest absolute Gasteiger partial charge is 0.405 e. The van der Waals surface area contributed by atoms with Gasteiger partial charge in [0.2, 0.25) is 5.88 Å². The number of hydrogen-bond donors (Lipinski definition) is 2. The van der Waals surface area contributed by atoms with Gasteiger partial charge in [-0.2, -0.15) is 10.5 Å². The first-order chi connectivity index (χ1) is 17.9. The number of esters is 1. The Labute approximate surface area is 226 Å². The molecule has 0 aliphatic heterocycles. The normalized spacial score (nSPS) is 13.9. The van der Waals surface area contributed by atoms with Crippen LogP contribution in [0, 0.1) is 0 Å². The molecule has 0 fully saturated rings. The van der Waals surface area contributed by atoms with Crippen LogP contribution in [-0.4, -0.2) is 22.9 Å². The summed E-state index contributed by atoms with van der Waals surface area (Å²) < 4.78 is 5.58. The van der Waals surface area contributed by atoms with Gasteiger partial charge in [0.1, 0.15) is 0 Å². The van der Waals surface area contributed by atoms with Gasteiger partial charge in [-0.3, -0.25) is 4.84 Å². The second-order valence-corrected chi connectivity index (χ2v) is 14.4. The zero-order valence-electron chi connectivity index (χ0n) is 20.3. The van der Waals surface area contributed by atoms with Crippen LogP contribution in [0.5, 0.6) is 5.88 Å². The minimum Gasteiger partial charge on any atom is -0.405 e. The van der Waals surface area contributed by atoms with Crippen LogP contribution in [0.15, 0.2) is 109 Å². The molecular formula is C28H28N3O3PS2. The molecule has 2 atom stereocenters. The van der Waals surface area contributed by atoms with Crippen molar-refractivity contribution in [2.45, 2.75) is 18.3 Å². The van der Waals surface area contributed by atoms with Crippen LogP contribution in [0.25, 0.3) is 0 Å². The molecule has 6 nitrogen and oxygen atoms in total. The van der Waals surface area contributed by atoms with Crippen molar-refractivity contribution in [3.05, 3.63) is 125 Å². The summed E-state index contributed by atoms with van der Waals surface area (Å²) in [7, 11) is 0. The third-order valence-electron chi connectivity index (χ3n) is 6.03. The molecule has 0 saturated carbocycles. The van der Waals surface area contributed by atoms with Gasteiger partial charge in [0.05, 0.1) is 5.38 Å². The predicted octanol–water partition coefficient (Wildman–Crippen LogP) is 6.11. The lowest BCUT2D eigenvalue weighted by molar-refractivity contribution is -0.141. The molecule has 4 aromatic rings. The highest BCUT2D eigenvalue weighted by atomic mass is 32.4. The molecule has 0 amide bonds. The molecule has 9 heteroatoms. The van der Waals surface area contributed by atoms with E-state index in [4.69, 9.17) is 27.1 Å². The number of nitrogen functional groups attached to an aromatic ring is 1. The van der Waals surface area contributed by atoms with E-state index in [-0.39, 0.29) is 5.88 Å². The third kappa shape index (κ3) is 5.74. The van der Waals surface area contributed by atoms with Crippen LogP contribution < -0.4 is 16.0 Å². The molecule has 3 aromatic carbocycles. The first kappa shape index (κ1) is 26.9. The molecule has 0 aliphatic rings. The number of rotatable bonds is 11. The first-order valence-electron chi connectivity index (χ1n) is 11.7. The molecule has 3 N–H and O–H groups in total. The number of carbonyl (C=O) groups is 1. The summed E-state index contributed by atoms with van der Waals surface area (Å²) in [5.41, 5.74) is 10.3. The Morgan fingerprint density at radius 1 is 1.05 bits per heavy atom. The summed E-state index contributed by atoms with van der Waals surface area (Å²) in [5.74, 6) is 0.235. The Hall–Kier alpha value is -3.13. The maximum absolute atomic E-state index is 13.5. The number of ether oxygens (including phenoxy) is 1. The molecule has 37 heavy (non-hydrogen) atoms. The Morgan fingerprint density at radius 2 is 1.54 bits per heavy atom. The van der Waals surface area contributed by atoms with Gasteiger partial charge in [0.25, 0.3) is 0 Å². The van der Waals surface area contributed by atoms with Crippen LogP contribution in [0.3, 0.4) is 0 Å². The van der Waals surface area contributed by atoms with Crippen molar-refractivity contribution >= 4 is 40.3 Å². The Bertz CT molecular complexity index is 1280. The van der Waals surface area contributed by atoms with Gasteiger partial charge in [-0.25, -0.2) is 4.79 Å². The Balaban J connectivity index is 1.81. The molecule has 0 saturated heterocycles. The lowest BCUT2D eigenvalue weighted by Gasteiger charge is -2.37. The second-order valence-electron chi connectivity index (χ2n) is 8.20. The Morgan fingerprint density at radius 3 is 1.92 bits per heavy atom. The fourth-order valence-electron chi connectivity index (χ4n) is 4.05. The van der Waals surface area contributed by atoms with Gasteiger partial charge < -0.3 is 10.5 Å². The SMILES string of the molecule is C=CP(=S)(CC)C(NOC(c1ccccc1)(c1ccccc1)c1ccccc1)C(=O)Oc1csc(N)n1. The van der Waals surface area contributed by atoms with Crippen LogP contribution in [0.2, 0.25) is 0 Å². The minimum atomic E-state index is -2.51. The van der Waals surface area contributed by atoms with E-state index in [0.717, 1.165) is 16.7 Å². The van der Waals surface area contributed by atoms with Crippen molar-refractivity contribution in [3.8, 4) is 5.88 Å². The van der Waals surface area contributed by atoms with E-state index in [1.165, 1.54) is 11.3 Å². The maximum atomic E-state index is 13.5. The van der Waals surface area contributed by atoms with Crippen LogP contribution in [-0.2, 0) is 27.0 Å². The van der Waals surface area contributed by atoms with Crippen LogP contribution >= 0.6 is 17.4 Å². The van der Waals surface area contributed by atoms with Crippen molar-refractivity contribution in [3.63, 3.8) is 0 Å². The van der Waals surface area contributed by atoms with E-state index in [1.54, 1.807) is 11.2 Å². The number of aromatic nitrogens is 1. The average molecular weight is 550 g/mol. The zero-order chi connectivity index (χ0) is 26.3. The quantitative estimate of drug-likeness (QED) is 0.101. The number of carbonyl (C=O) groups excluding carboxylic acids is 1. The monoisotopic (exact) mass is 549 g/mol. The highest BCUT2D eigenvalue weighted by molar-refractivity contribution is 8.16. The number of nitrogens with zero attached hydrogens (tertiary/aromatic N) is 1. The molecule has 1 aromatic heterocycles. The number of hydrogen-bond acceptors (Lipinski definition) is 8. The molecule has 0 aliphatic carbocycles. The smallest absolute Gasteiger partial charge is 0.337 e. The molecule has 2 unspecified atom stereocenters. The van der Waals surface area contributed by atoms with Crippen molar-refractivity contribution in [1.29, 1.82) is 0 Å². The summed E-state index contributed by atoms with van der Waals surface area (Å²) in [6, 6.07) is 27.1. The van der Waals surface area contributed by atoms with Gasteiger partial charge in [-0.15, -0.1) is 11.3 Å². The van der Waals surface area contributed by atoms with Gasteiger partial charge in [0, 0.05) is 6.04 Å². The summed E-state index contributed by atoms with van der Waals surface area (Å²) in [5, 5.41) is 1.88. The number of nitrogens with one attached hydrogen (secondary N) is 1. The number of hydroxylamine groups is 1. The highest BCUT2D eigenvalue weighted by Gasteiger charge is 2.42. The lowest BCUT2D eigenvalue weighted by atomic mass is 9.80. The average Bonchev–Trinajstić information content (AvgIpc) is 3.36. The van der Waals surface area contributed by atoms with Gasteiger partial charge in [-0.1, -0.05) is 122 Å². The molecule has 1 heterocycles. The zero-order valence-corrected chi connectivity index (χ0v) is 22.8. The topological polar surface area (TPSA) is 86.5 Å². The molecule has 4 rings (SSSR count). The molecule has 0 bridgehead atoms. The van der Waals surface area contributed by atoms with Gasteiger partial charge in [-0.05, 0) is 22.9 Å². The third-order valence-corrected chi connectivity index (χ3v) is 11.3. The molecule has 190 valence electrons. The fraction of sp³-hybridized carbons (Fsp3) is 0.143. The van der Waals surface area contributed by atoms with Crippen molar-refractivity contribution < 1.29 is 14.4 Å². The number of benzene rings is 3. The lowest BCUT2D eigenvalue weighted by Crippen LogP contribution is -2.46. The van der Waals surface area contributed by atoms with Crippen LogP contribution in [0.1, 0.15) is 23.6 Å². The van der Waals surface area contributed by atoms with E-state index in [1.807, 2.05) is 97.9 Å². The van der Waals surface area contributed by atoms with Crippen molar-refractivity contribution in [2.75, 3.05) is 11.9 Å². The summed E-state index contributed by atoms with van der Waals surface area (Å²) in [4.78, 5) is 24.2. The maximum Gasteiger partial charge on any atom is 0.337 e. The van der Waals surface area contributed by atoms with Gasteiger partial charge >= 0.3 is 5.97 Å². The van der Waals surface area contributed by atoms with Gasteiger partial charge in [0.15, 0.2) is 16.5 Å². The molecule has 0 radical (unpaired) electrons. The number of nitrogens with two attached hydrogens (primary N) is 1. The summed E-state index contributed by atoms with van der Waals surface area (Å²) >= 11 is 7.16. The standard InChI is InChI=1S/C28H28N3O3PS2/c1-3-35(36,4-2)25(26(32)33-24-20-37-27(29)30-24)31-34-28(21-14-8-5-9-15-21,22-16-10-6-11-17-22)23-18-12-7-13-19-23/h3,5-20,25,31H,1,4H2,2H3,(H2,29,30). The summed E-state index contributed by atoms with van der Waals surface area (Å²) in [6.07, 6.45) is 0.538. The summed E-state index contributed by atoms with van der Waals surface area (Å²) in [6.45, 7) is 5.88. The number of anilines is 1. The fourth-order valence-corrected chi connectivity index (χ4v) is 6.38. The van der Waals surface area contributed by atoms with Crippen molar-refractivity contribution in [2.24, 2.45) is 0 Å². The van der Waals surface area contributed by atoms with E-state index in [2.05, 4.69) is 17.0 Å². The number of thiazole rings is 1. The van der Waals surface area contributed by atoms with E-state index in [0.29, 0.717) is 11.3 Å².